The highest BCUT2D eigenvalue weighted by molar-refractivity contribution is 7.87. The summed E-state index contributed by atoms with van der Waals surface area (Å²) in [7, 11) is -3.43. The monoisotopic (exact) mass is 311 g/mol. The number of hydrogen-bond acceptors (Lipinski definition) is 4. The van der Waals surface area contributed by atoms with Crippen LogP contribution in [0.25, 0.3) is 0 Å². The second kappa shape index (κ2) is 6.31. The molecular formula is C14H21N3O3S. The molecule has 0 unspecified atom stereocenters. The molecule has 2 heterocycles. The molecule has 0 spiro atoms. The minimum Gasteiger partial charge on any atom is -0.385 e. The minimum absolute atomic E-state index is 0.315. The second-order valence-corrected chi connectivity index (χ2v) is 7.07. The Hall–Kier alpha value is -1.15. The van der Waals surface area contributed by atoms with Gasteiger partial charge in [0.05, 0.1) is 13.2 Å². The first-order chi connectivity index (χ1) is 10.2. The highest BCUT2D eigenvalue weighted by Crippen LogP contribution is 2.26. The number of aryl methyl sites for hydroxylation is 1. The molecule has 1 aromatic carbocycles. The van der Waals surface area contributed by atoms with Gasteiger partial charge in [-0.15, -0.1) is 0 Å². The molecule has 1 aromatic rings. The Balaban J connectivity index is 1.70. The number of nitrogens with one attached hydrogen (secondary N) is 2. The molecule has 0 aliphatic carbocycles. The topological polar surface area (TPSA) is 70.7 Å². The lowest BCUT2D eigenvalue weighted by molar-refractivity contribution is 0.0725. The van der Waals surface area contributed by atoms with Gasteiger partial charge in [-0.05, 0) is 24.0 Å². The fourth-order valence-electron chi connectivity index (χ4n) is 2.78. The molecule has 1 fully saturated rings. The van der Waals surface area contributed by atoms with Gasteiger partial charge >= 0.3 is 0 Å². The maximum atomic E-state index is 12.3. The maximum absolute atomic E-state index is 12.3. The molecule has 21 heavy (non-hydrogen) atoms. The Bertz CT molecular complexity index is 597. The van der Waals surface area contributed by atoms with Gasteiger partial charge in [0.25, 0.3) is 10.2 Å². The highest BCUT2D eigenvalue weighted by atomic mass is 32.2. The molecule has 0 saturated carbocycles. The van der Waals surface area contributed by atoms with E-state index >= 15 is 0 Å². The summed E-state index contributed by atoms with van der Waals surface area (Å²) in [5, 5.41) is 3.38. The fraction of sp³-hybridized carbons (Fsp3) is 0.571. The lowest BCUT2D eigenvalue weighted by atomic mass is 9.99. The predicted octanol–water partition coefficient (Wildman–Crippen LogP) is 0.711. The molecule has 0 radical (unpaired) electrons. The molecule has 0 amide bonds. The van der Waals surface area contributed by atoms with Crippen LogP contribution in [0.3, 0.4) is 0 Å². The van der Waals surface area contributed by atoms with Crippen molar-refractivity contribution in [1.82, 2.24) is 9.03 Å². The Morgan fingerprint density at radius 1 is 1.29 bits per heavy atom. The molecule has 7 heteroatoms. The molecule has 0 bridgehead atoms. The van der Waals surface area contributed by atoms with Crippen LogP contribution >= 0.6 is 0 Å². The largest absolute Gasteiger partial charge is 0.385 e. The van der Waals surface area contributed by atoms with Gasteiger partial charge in [0.2, 0.25) is 0 Å². The Morgan fingerprint density at radius 3 is 2.90 bits per heavy atom. The van der Waals surface area contributed by atoms with Gasteiger partial charge in [-0.3, -0.25) is 0 Å². The first kappa shape index (κ1) is 14.8. The normalized spacial score (nSPS) is 19.8. The lowest BCUT2D eigenvalue weighted by Crippen LogP contribution is -2.46. The van der Waals surface area contributed by atoms with Gasteiger partial charge in [0.1, 0.15) is 0 Å². The number of morpholine rings is 1. The Morgan fingerprint density at radius 2 is 2.10 bits per heavy atom. The van der Waals surface area contributed by atoms with E-state index in [1.54, 1.807) is 0 Å². The number of para-hydroxylation sites is 1. The van der Waals surface area contributed by atoms with Gasteiger partial charge in [0.15, 0.2) is 0 Å². The van der Waals surface area contributed by atoms with Crippen molar-refractivity contribution in [3.05, 3.63) is 29.3 Å². The van der Waals surface area contributed by atoms with Crippen molar-refractivity contribution in [2.45, 2.75) is 19.4 Å². The Labute approximate surface area is 125 Å². The molecule has 3 rings (SSSR count). The standard InChI is InChI=1S/C14H21N3O3S/c18-21(19,17-7-9-20-10-8-17)16-11-13-4-1-3-12-5-2-6-15-14(12)13/h1,3-4,15-16H,2,5-11H2. The third kappa shape index (κ3) is 3.37. The van der Waals surface area contributed by atoms with E-state index in [0.717, 1.165) is 30.6 Å². The van der Waals surface area contributed by atoms with E-state index in [2.05, 4.69) is 16.1 Å². The van der Waals surface area contributed by atoms with Crippen LogP contribution in [0.15, 0.2) is 18.2 Å². The SMILES string of the molecule is O=S(=O)(NCc1cccc2c1NCCC2)N1CCOCC1. The van der Waals surface area contributed by atoms with E-state index in [9.17, 15) is 8.42 Å². The minimum atomic E-state index is -3.43. The summed E-state index contributed by atoms with van der Waals surface area (Å²) in [6.07, 6.45) is 2.17. The molecular weight excluding hydrogens is 290 g/mol. The third-order valence-electron chi connectivity index (χ3n) is 3.92. The number of nitrogens with zero attached hydrogens (tertiary/aromatic N) is 1. The van der Waals surface area contributed by atoms with Crippen LogP contribution in [0.1, 0.15) is 17.5 Å². The fourth-order valence-corrected chi connectivity index (χ4v) is 3.93. The summed E-state index contributed by atoms with van der Waals surface area (Å²) in [6.45, 7) is 3.02. The average molecular weight is 311 g/mol. The van der Waals surface area contributed by atoms with Gasteiger partial charge in [-0.25, -0.2) is 0 Å². The molecule has 0 atom stereocenters. The number of rotatable bonds is 4. The zero-order valence-corrected chi connectivity index (χ0v) is 12.8. The van der Waals surface area contributed by atoms with Crippen LogP contribution in [0.5, 0.6) is 0 Å². The van der Waals surface area contributed by atoms with E-state index in [1.165, 1.54) is 9.87 Å². The molecule has 2 aliphatic heterocycles. The maximum Gasteiger partial charge on any atom is 0.279 e. The van der Waals surface area contributed by atoms with E-state index in [-0.39, 0.29) is 0 Å². The molecule has 6 nitrogen and oxygen atoms in total. The first-order valence-corrected chi connectivity index (χ1v) is 8.78. The highest BCUT2D eigenvalue weighted by Gasteiger charge is 2.24. The number of anilines is 1. The predicted molar refractivity (Wildman–Crippen MR) is 81.4 cm³/mol. The number of fused-ring (bicyclic) bond motifs is 1. The van der Waals surface area contributed by atoms with Crippen molar-refractivity contribution in [2.75, 3.05) is 38.2 Å². The molecule has 0 aromatic heterocycles. The smallest absolute Gasteiger partial charge is 0.279 e. The van der Waals surface area contributed by atoms with Gasteiger partial charge in [-0.1, -0.05) is 18.2 Å². The van der Waals surface area contributed by atoms with E-state index < -0.39 is 10.2 Å². The van der Waals surface area contributed by atoms with Crippen LogP contribution in [0.2, 0.25) is 0 Å². The summed E-state index contributed by atoms with van der Waals surface area (Å²) >= 11 is 0. The summed E-state index contributed by atoms with van der Waals surface area (Å²) in [4.78, 5) is 0. The van der Waals surface area contributed by atoms with Gasteiger partial charge < -0.3 is 10.1 Å². The van der Waals surface area contributed by atoms with Crippen molar-refractivity contribution in [1.29, 1.82) is 0 Å². The molecule has 2 aliphatic rings. The van der Waals surface area contributed by atoms with E-state index in [1.807, 2.05) is 12.1 Å². The summed E-state index contributed by atoms with van der Waals surface area (Å²) in [5.74, 6) is 0. The quantitative estimate of drug-likeness (QED) is 0.859. The molecule has 1 saturated heterocycles. The zero-order valence-electron chi connectivity index (χ0n) is 12.0. The zero-order chi connectivity index (χ0) is 14.7. The molecule has 2 N–H and O–H groups in total. The van der Waals surface area contributed by atoms with Crippen molar-refractivity contribution in [3.8, 4) is 0 Å². The Kier molecular flexibility index (Phi) is 4.44. The number of hydrogen-bond donors (Lipinski definition) is 2. The first-order valence-electron chi connectivity index (χ1n) is 7.34. The van der Waals surface area contributed by atoms with Crippen LogP contribution in [0, 0.1) is 0 Å². The summed E-state index contributed by atoms with van der Waals surface area (Å²) in [6, 6.07) is 6.06. The second-order valence-electron chi connectivity index (χ2n) is 5.32. The average Bonchev–Trinajstić information content (AvgIpc) is 2.54. The number of ether oxygens (including phenoxy) is 1. The van der Waals surface area contributed by atoms with Crippen LogP contribution in [-0.4, -0.2) is 45.6 Å². The summed E-state index contributed by atoms with van der Waals surface area (Å²) in [5.41, 5.74) is 3.36. The summed E-state index contributed by atoms with van der Waals surface area (Å²) < 4.78 is 33.9. The van der Waals surface area contributed by atoms with Gasteiger partial charge in [-0.2, -0.15) is 17.4 Å². The van der Waals surface area contributed by atoms with E-state index in [0.29, 0.717) is 32.8 Å². The van der Waals surface area contributed by atoms with Crippen molar-refractivity contribution in [2.24, 2.45) is 0 Å². The van der Waals surface area contributed by atoms with Crippen LogP contribution < -0.4 is 10.0 Å². The van der Waals surface area contributed by atoms with Crippen LogP contribution in [-0.2, 0) is 27.9 Å². The third-order valence-corrected chi connectivity index (χ3v) is 5.47. The number of benzene rings is 1. The van der Waals surface area contributed by atoms with Crippen molar-refractivity contribution >= 4 is 15.9 Å². The van der Waals surface area contributed by atoms with E-state index in [4.69, 9.17) is 4.74 Å². The van der Waals surface area contributed by atoms with Gasteiger partial charge in [0, 0.05) is 31.9 Å². The lowest BCUT2D eigenvalue weighted by Gasteiger charge is -2.27. The van der Waals surface area contributed by atoms with Crippen LogP contribution in [0.4, 0.5) is 5.69 Å². The molecule has 116 valence electrons. The van der Waals surface area contributed by atoms with Crippen molar-refractivity contribution in [3.63, 3.8) is 0 Å². The van der Waals surface area contributed by atoms with Crippen molar-refractivity contribution < 1.29 is 13.2 Å².